The van der Waals surface area contributed by atoms with Gasteiger partial charge in [-0.05, 0) is 37.2 Å². The standard InChI is InChI=1S/C19H19F3N2O4S/c1-29-8-9-4-5-23(6-9)17-14(21)13(20)12-16(15(17)22)24(10-2-3-10)7-11(18(12)25)28-19(26)27/h7,9-10H,2-6,8H2,1H3,(H,26,27). The van der Waals surface area contributed by atoms with Gasteiger partial charge >= 0.3 is 6.16 Å². The number of anilines is 1. The normalized spacial score (nSPS) is 19.2. The summed E-state index contributed by atoms with van der Waals surface area (Å²) in [7, 11) is 0. The molecule has 1 saturated carbocycles. The number of aromatic nitrogens is 1. The van der Waals surface area contributed by atoms with Gasteiger partial charge < -0.3 is 19.3 Å². The summed E-state index contributed by atoms with van der Waals surface area (Å²) in [6.07, 6.45) is 3.29. The van der Waals surface area contributed by atoms with Gasteiger partial charge in [0, 0.05) is 19.1 Å². The number of hydrogen-bond donors (Lipinski definition) is 1. The second kappa shape index (κ2) is 7.47. The molecule has 1 aromatic heterocycles. The molecule has 0 spiro atoms. The summed E-state index contributed by atoms with van der Waals surface area (Å²) in [5.74, 6) is -3.54. The van der Waals surface area contributed by atoms with E-state index in [9.17, 15) is 18.4 Å². The maximum absolute atomic E-state index is 15.5. The van der Waals surface area contributed by atoms with E-state index in [1.54, 1.807) is 11.8 Å². The Balaban J connectivity index is 1.94. The van der Waals surface area contributed by atoms with Gasteiger partial charge in [0.05, 0.1) is 17.1 Å². The Morgan fingerprint density at radius 3 is 2.59 bits per heavy atom. The van der Waals surface area contributed by atoms with Crippen molar-refractivity contribution in [2.75, 3.05) is 30.0 Å². The van der Waals surface area contributed by atoms with Crippen molar-refractivity contribution in [3.63, 3.8) is 0 Å². The van der Waals surface area contributed by atoms with Crippen LogP contribution in [0.15, 0.2) is 11.0 Å². The minimum absolute atomic E-state index is 0.232. The Hall–Kier alpha value is -2.36. The number of thioether (sulfide) groups is 1. The predicted octanol–water partition coefficient (Wildman–Crippen LogP) is 4.00. The van der Waals surface area contributed by atoms with Crippen LogP contribution in [-0.2, 0) is 0 Å². The fraction of sp³-hybridized carbons (Fsp3) is 0.474. The van der Waals surface area contributed by atoms with Gasteiger partial charge in [-0.2, -0.15) is 11.8 Å². The van der Waals surface area contributed by atoms with Crippen LogP contribution in [0, 0.1) is 23.4 Å². The lowest BCUT2D eigenvalue weighted by atomic mass is 10.1. The fourth-order valence-electron chi connectivity index (χ4n) is 3.95. The van der Waals surface area contributed by atoms with E-state index in [1.807, 2.05) is 6.26 Å². The van der Waals surface area contributed by atoms with Crippen LogP contribution in [0.4, 0.5) is 23.7 Å². The van der Waals surface area contributed by atoms with Crippen LogP contribution in [0.25, 0.3) is 10.9 Å². The number of carboxylic acid groups (broad SMARTS) is 1. The number of fused-ring (bicyclic) bond motifs is 1. The second-order valence-electron chi connectivity index (χ2n) is 7.40. The summed E-state index contributed by atoms with van der Waals surface area (Å²) < 4.78 is 51.2. The summed E-state index contributed by atoms with van der Waals surface area (Å²) in [6.45, 7) is 0.783. The van der Waals surface area contributed by atoms with Crippen LogP contribution in [-0.4, -0.2) is 40.9 Å². The van der Waals surface area contributed by atoms with Crippen LogP contribution in [0.5, 0.6) is 5.75 Å². The molecule has 6 nitrogen and oxygen atoms in total. The van der Waals surface area contributed by atoms with E-state index in [1.165, 1.54) is 9.47 Å². The highest BCUT2D eigenvalue weighted by Gasteiger charge is 2.35. The summed E-state index contributed by atoms with van der Waals surface area (Å²) >= 11 is 1.64. The van der Waals surface area contributed by atoms with Crippen LogP contribution in [0.3, 0.4) is 0 Å². The summed E-state index contributed by atoms with van der Waals surface area (Å²) in [5.41, 5.74) is -2.01. The van der Waals surface area contributed by atoms with Crippen molar-refractivity contribution in [3.8, 4) is 5.75 Å². The number of benzene rings is 1. The zero-order valence-electron chi connectivity index (χ0n) is 15.6. The van der Waals surface area contributed by atoms with E-state index >= 15 is 4.39 Å². The average Bonchev–Trinajstić information content (AvgIpc) is 3.41. The van der Waals surface area contributed by atoms with Gasteiger partial charge in [0.15, 0.2) is 23.2 Å². The number of pyridine rings is 1. The van der Waals surface area contributed by atoms with Crippen molar-refractivity contribution in [1.82, 2.24) is 4.57 Å². The van der Waals surface area contributed by atoms with Crippen LogP contribution < -0.4 is 15.1 Å². The Morgan fingerprint density at radius 2 is 1.97 bits per heavy atom. The van der Waals surface area contributed by atoms with Crippen LogP contribution in [0.2, 0.25) is 0 Å². The van der Waals surface area contributed by atoms with E-state index < -0.39 is 45.9 Å². The average molecular weight is 428 g/mol. The number of ether oxygens (including phenoxy) is 1. The highest BCUT2D eigenvalue weighted by Crippen LogP contribution is 2.42. The molecule has 2 aliphatic rings. The lowest BCUT2D eigenvalue weighted by Crippen LogP contribution is -2.25. The first-order chi connectivity index (χ1) is 13.8. The molecule has 0 radical (unpaired) electrons. The monoisotopic (exact) mass is 428 g/mol. The summed E-state index contributed by atoms with van der Waals surface area (Å²) in [4.78, 5) is 24.9. The molecule has 10 heteroatoms. The molecule has 156 valence electrons. The van der Waals surface area contributed by atoms with Crippen molar-refractivity contribution < 1.29 is 27.8 Å². The van der Waals surface area contributed by atoms with E-state index in [-0.39, 0.29) is 17.5 Å². The first kappa shape index (κ1) is 19.9. The zero-order chi connectivity index (χ0) is 20.9. The first-order valence-corrected chi connectivity index (χ1v) is 10.6. The minimum Gasteiger partial charge on any atom is -0.449 e. The number of halogens is 3. The molecule has 0 amide bonds. The molecule has 1 aliphatic carbocycles. The molecule has 1 unspecified atom stereocenters. The van der Waals surface area contributed by atoms with Crippen molar-refractivity contribution >= 4 is 34.5 Å². The molecule has 1 aromatic carbocycles. The molecule has 29 heavy (non-hydrogen) atoms. The van der Waals surface area contributed by atoms with E-state index in [4.69, 9.17) is 5.11 Å². The smallest absolute Gasteiger partial charge is 0.449 e. The Labute approximate surface area is 168 Å². The molecule has 1 saturated heterocycles. The quantitative estimate of drug-likeness (QED) is 0.573. The molecule has 4 rings (SSSR count). The van der Waals surface area contributed by atoms with Crippen molar-refractivity contribution in [1.29, 1.82) is 0 Å². The third-order valence-corrected chi connectivity index (χ3v) is 6.18. The van der Waals surface area contributed by atoms with Gasteiger partial charge in [-0.3, -0.25) is 4.79 Å². The van der Waals surface area contributed by atoms with Crippen LogP contribution >= 0.6 is 11.8 Å². The van der Waals surface area contributed by atoms with Gasteiger partial charge in [0.25, 0.3) is 0 Å². The highest BCUT2D eigenvalue weighted by atomic mass is 32.2. The summed E-state index contributed by atoms with van der Waals surface area (Å²) in [5, 5.41) is 8.00. The number of hydrogen-bond acceptors (Lipinski definition) is 5. The highest BCUT2D eigenvalue weighted by molar-refractivity contribution is 7.98. The Bertz CT molecular complexity index is 1050. The molecule has 0 bridgehead atoms. The summed E-state index contributed by atoms with van der Waals surface area (Å²) in [6, 6.07) is -0.232. The third-order valence-electron chi connectivity index (χ3n) is 5.38. The van der Waals surface area contributed by atoms with Gasteiger partial charge in [-0.15, -0.1) is 0 Å². The van der Waals surface area contributed by atoms with E-state index in [0.29, 0.717) is 25.9 Å². The van der Waals surface area contributed by atoms with Crippen LogP contribution in [0.1, 0.15) is 25.3 Å². The lowest BCUT2D eigenvalue weighted by molar-refractivity contribution is 0.143. The third kappa shape index (κ3) is 3.43. The predicted molar refractivity (Wildman–Crippen MR) is 104 cm³/mol. The molecule has 2 aromatic rings. The molecule has 2 heterocycles. The maximum atomic E-state index is 15.5. The zero-order valence-corrected chi connectivity index (χ0v) is 16.4. The maximum Gasteiger partial charge on any atom is 0.511 e. The Morgan fingerprint density at radius 1 is 1.24 bits per heavy atom. The number of rotatable bonds is 5. The lowest BCUT2D eigenvalue weighted by Gasteiger charge is -2.23. The van der Waals surface area contributed by atoms with Crippen molar-refractivity contribution in [2.45, 2.75) is 25.3 Å². The Kier molecular flexibility index (Phi) is 5.14. The number of carbonyl (C=O) groups is 1. The van der Waals surface area contributed by atoms with Gasteiger partial charge in [0.1, 0.15) is 5.69 Å². The van der Waals surface area contributed by atoms with Gasteiger partial charge in [-0.1, -0.05) is 0 Å². The molecular weight excluding hydrogens is 409 g/mol. The van der Waals surface area contributed by atoms with E-state index in [2.05, 4.69) is 4.74 Å². The largest absolute Gasteiger partial charge is 0.511 e. The SMILES string of the molecule is CSCC1CCN(c2c(F)c(F)c3c(=O)c(OC(=O)O)cn(C4CC4)c3c2F)C1. The van der Waals surface area contributed by atoms with Crippen molar-refractivity contribution in [3.05, 3.63) is 33.9 Å². The van der Waals surface area contributed by atoms with Gasteiger partial charge in [-0.25, -0.2) is 18.0 Å². The topological polar surface area (TPSA) is 71.8 Å². The molecule has 2 fully saturated rings. The number of nitrogens with zero attached hydrogens (tertiary/aromatic N) is 2. The molecular formula is C19H19F3N2O4S. The molecule has 1 atom stereocenters. The molecule has 1 N–H and O–H groups in total. The molecule has 1 aliphatic heterocycles. The van der Waals surface area contributed by atoms with Crippen molar-refractivity contribution in [2.24, 2.45) is 5.92 Å². The first-order valence-electron chi connectivity index (χ1n) is 9.23. The second-order valence-corrected chi connectivity index (χ2v) is 8.31. The minimum atomic E-state index is -1.77. The van der Waals surface area contributed by atoms with E-state index in [0.717, 1.165) is 18.4 Å². The van der Waals surface area contributed by atoms with Gasteiger partial charge in [0.2, 0.25) is 5.43 Å². The fourth-order valence-corrected chi connectivity index (χ4v) is 4.69.